The van der Waals surface area contributed by atoms with Crippen LogP contribution in [-0.4, -0.2) is 31.3 Å². The summed E-state index contributed by atoms with van der Waals surface area (Å²) < 4.78 is 11.4. The Labute approximate surface area is 171 Å². The molecule has 1 aliphatic carbocycles. The van der Waals surface area contributed by atoms with Crippen LogP contribution in [0, 0.1) is 0 Å². The number of halogens is 2. The van der Waals surface area contributed by atoms with Gasteiger partial charge < -0.3 is 20.5 Å². The van der Waals surface area contributed by atoms with E-state index in [2.05, 4.69) is 10.3 Å². The zero-order chi connectivity index (χ0) is 17.0. The van der Waals surface area contributed by atoms with Gasteiger partial charge in [-0.1, -0.05) is 30.9 Å². The number of hydrogen-bond donors (Lipinski definition) is 2. The molecule has 1 saturated heterocycles. The molecule has 2 aliphatic rings. The number of nitrogens with one attached hydrogen (secondary N) is 1. The number of anilines is 1. The highest BCUT2D eigenvalue weighted by atomic mass is 127. The van der Waals surface area contributed by atoms with Crippen molar-refractivity contribution in [3.05, 3.63) is 23.2 Å². The highest BCUT2D eigenvalue weighted by Crippen LogP contribution is 2.41. The minimum Gasteiger partial charge on any atom is -0.495 e. The molecule has 1 saturated carbocycles. The Hall–Kier alpha value is -0.730. The molecule has 0 aromatic heterocycles. The van der Waals surface area contributed by atoms with E-state index >= 15 is 0 Å². The number of guanidine groups is 1. The molecule has 3 rings (SSSR count). The van der Waals surface area contributed by atoms with Crippen molar-refractivity contribution in [3.8, 4) is 5.75 Å². The smallest absolute Gasteiger partial charge is 0.193 e. The summed E-state index contributed by atoms with van der Waals surface area (Å²) in [4.78, 5) is 4.44. The molecule has 1 heterocycles. The Bertz CT molecular complexity index is 606. The molecule has 1 unspecified atom stereocenters. The van der Waals surface area contributed by atoms with Crippen molar-refractivity contribution >= 4 is 47.2 Å². The maximum Gasteiger partial charge on any atom is 0.193 e. The molecule has 140 valence electrons. The van der Waals surface area contributed by atoms with E-state index in [9.17, 15) is 0 Å². The second-order valence-corrected chi connectivity index (χ2v) is 7.13. The number of nitrogens with zero attached hydrogens (tertiary/aromatic N) is 1. The van der Waals surface area contributed by atoms with Gasteiger partial charge in [-0.25, -0.2) is 0 Å². The van der Waals surface area contributed by atoms with Crippen molar-refractivity contribution < 1.29 is 9.47 Å². The van der Waals surface area contributed by atoms with E-state index in [-0.39, 0.29) is 35.7 Å². The van der Waals surface area contributed by atoms with E-state index in [1.165, 1.54) is 32.1 Å². The SMILES string of the molecule is COc1ccc(NC(N)=NCC2CCC3(CCCCC3)O2)cc1Cl.I. The summed E-state index contributed by atoms with van der Waals surface area (Å²) in [6.45, 7) is 0.602. The number of rotatable bonds is 4. The van der Waals surface area contributed by atoms with Crippen molar-refractivity contribution in [1.82, 2.24) is 0 Å². The van der Waals surface area contributed by atoms with Crippen LogP contribution in [0.3, 0.4) is 0 Å². The molecule has 2 fully saturated rings. The molecule has 5 nitrogen and oxygen atoms in total. The Morgan fingerprint density at radius 3 is 2.80 bits per heavy atom. The van der Waals surface area contributed by atoms with Gasteiger partial charge in [0.2, 0.25) is 0 Å². The summed E-state index contributed by atoms with van der Waals surface area (Å²) in [7, 11) is 1.59. The number of nitrogens with two attached hydrogens (primary N) is 1. The van der Waals surface area contributed by atoms with Gasteiger partial charge >= 0.3 is 0 Å². The lowest BCUT2D eigenvalue weighted by Gasteiger charge is -2.33. The summed E-state index contributed by atoms with van der Waals surface area (Å²) in [5.41, 5.74) is 6.90. The Kier molecular flexibility index (Phi) is 7.64. The standard InChI is InChI=1S/C18H26ClN3O2.HI/c1-23-16-6-5-13(11-15(16)19)22-17(20)21-12-14-7-10-18(24-14)8-3-2-4-9-18;/h5-6,11,14H,2-4,7-10,12H2,1H3,(H3,20,21,22);1H. The average molecular weight is 480 g/mol. The maximum absolute atomic E-state index is 6.31. The van der Waals surface area contributed by atoms with Gasteiger partial charge in [0.1, 0.15) is 5.75 Å². The lowest BCUT2D eigenvalue weighted by Crippen LogP contribution is -2.32. The number of aliphatic imine (C=N–C) groups is 1. The van der Waals surface area contributed by atoms with E-state index in [1.54, 1.807) is 19.2 Å². The summed E-state index contributed by atoms with van der Waals surface area (Å²) in [5, 5.41) is 3.60. The molecule has 1 aliphatic heterocycles. The van der Waals surface area contributed by atoms with Crippen LogP contribution < -0.4 is 15.8 Å². The van der Waals surface area contributed by atoms with Crippen molar-refractivity contribution in [2.24, 2.45) is 10.7 Å². The highest BCUT2D eigenvalue weighted by molar-refractivity contribution is 14.0. The summed E-state index contributed by atoms with van der Waals surface area (Å²) in [6, 6.07) is 5.42. The molecule has 0 bridgehead atoms. The number of hydrogen-bond acceptors (Lipinski definition) is 3. The first-order chi connectivity index (χ1) is 11.6. The molecule has 1 aromatic carbocycles. The van der Waals surface area contributed by atoms with Gasteiger partial charge in [-0.15, -0.1) is 24.0 Å². The van der Waals surface area contributed by atoms with E-state index in [1.807, 2.05) is 6.07 Å². The predicted octanol–water partition coefficient (Wildman–Crippen LogP) is 4.58. The van der Waals surface area contributed by atoms with Crippen LogP contribution in [0.2, 0.25) is 5.02 Å². The molecule has 1 atom stereocenters. The molecular weight excluding hydrogens is 453 g/mol. The molecule has 1 spiro atoms. The van der Waals surface area contributed by atoms with Crippen LogP contribution in [-0.2, 0) is 4.74 Å². The van der Waals surface area contributed by atoms with E-state index < -0.39 is 0 Å². The summed E-state index contributed by atoms with van der Waals surface area (Å²) in [5.74, 6) is 1.01. The van der Waals surface area contributed by atoms with Crippen LogP contribution >= 0.6 is 35.6 Å². The van der Waals surface area contributed by atoms with Crippen LogP contribution in [0.1, 0.15) is 44.9 Å². The van der Waals surface area contributed by atoms with Crippen molar-refractivity contribution in [1.29, 1.82) is 0 Å². The second-order valence-electron chi connectivity index (χ2n) is 6.72. The lowest BCUT2D eigenvalue weighted by molar-refractivity contribution is -0.0598. The molecule has 7 heteroatoms. The molecular formula is C18H27ClIN3O2. The van der Waals surface area contributed by atoms with Gasteiger partial charge in [-0.2, -0.15) is 0 Å². The number of ether oxygens (including phenoxy) is 2. The number of methoxy groups -OCH3 is 1. The van der Waals surface area contributed by atoms with Crippen molar-refractivity contribution in [2.45, 2.75) is 56.7 Å². The highest BCUT2D eigenvalue weighted by Gasteiger charge is 2.40. The lowest BCUT2D eigenvalue weighted by atomic mass is 9.83. The van der Waals surface area contributed by atoms with Gasteiger partial charge in [0.25, 0.3) is 0 Å². The fourth-order valence-corrected chi connectivity index (χ4v) is 3.98. The first-order valence-electron chi connectivity index (χ1n) is 8.68. The first kappa shape index (κ1) is 20.6. The van der Waals surface area contributed by atoms with Gasteiger partial charge in [-0.05, 0) is 43.9 Å². The summed E-state index contributed by atoms with van der Waals surface area (Å²) in [6.07, 6.45) is 8.74. The third kappa shape index (κ3) is 5.37. The van der Waals surface area contributed by atoms with Crippen LogP contribution in [0.5, 0.6) is 5.75 Å². The van der Waals surface area contributed by atoms with Crippen LogP contribution in [0.15, 0.2) is 23.2 Å². The van der Waals surface area contributed by atoms with E-state index in [4.69, 9.17) is 26.8 Å². The first-order valence-corrected chi connectivity index (χ1v) is 9.06. The molecule has 25 heavy (non-hydrogen) atoms. The second kappa shape index (κ2) is 9.28. The fourth-order valence-electron chi connectivity index (χ4n) is 3.72. The van der Waals surface area contributed by atoms with Crippen molar-refractivity contribution in [2.75, 3.05) is 19.0 Å². The zero-order valence-electron chi connectivity index (χ0n) is 14.6. The van der Waals surface area contributed by atoms with Gasteiger partial charge in [-0.3, -0.25) is 4.99 Å². The molecule has 0 amide bonds. The quantitative estimate of drug-likeness (QED) is 0.377. The maximum atomic E-state index is 6.31. The van der Waals surface area contributed by atoms with Crippen LogP contribution in [0.25, 0.3) is 0 Å². The van der Waals surface area contributed by atoms with E-state index in [0.717, 1.165) is 18.5 Å². The monoisotopic (exact) mass is 479 g/mol. The van der Waals surface area contributed by atoms with Gasteiger partial charge in [0.15, 0.2) is 5.96 Å². The fraction of sp³-hybridized carbons (Fsp3) is 0.611. The van der Waals surface area contributed by atoms with E-state index in [0.29, 0.717) is 23.3 Å². The van der Waals surface area contributed by atoms with Crippen LogP contribution in [0.4, 0.5) is 5.69 Å². The van der Waals surface area contributed by atoms with Gasteiger partial charge in [0, 0.05) is 5.69 Å². The van der Waals surface area contributed by atoms with Crippen molar-refractivity contribution in [3.63, 3.8) is 0 Å². The number of benzene rings is 1. The Morgan fingerprint density at radius 2 is 2.12 bits per heavy atom. The summed E-state index contributed by atoms with van der Waals surface area (Å²) >= 11 is 6.11. The zero-order valence-corrected chi connectivity index (χ0v) is 17.7. The largest absolute Gasteiger partial charge is 0.495 e. The third-order valence-corrected chi connectivity index (χ3v) is 5.29. The minimum atomic E-state index is 0. The predicted molar refractivity (Wildman–Crippen MR) is 113 cm³/mol. The third-order valence-electron chi connectivity index (χ3n) is 4.99. The Balaban J connectivity index is 0.00000225. The van der Waals surface area contributed by atoms with Gasteiger partial charge in [0.05, 0.1) is 30.4 Å². The molecule has 3 N–H and O–H groups in total. The minimum absolute atomic E-state index is 0. The topological polar surface area (TPSA) is 68.9 Å². The molecule has 0 radical (unpaired) electrons. The normalized spacial score (nSPS) is 22.5. The average Bonchev–Trinajstić information content (AvgIpc) is 2.96. The molecule has 1 aromatic rings. The Morgan fingerprint density at radius 1 is 1.36 bits per heavy atom.